The zero-order valence-electron chi connectivity index (χ0n) is 7.32. The number of rotatable bonds is 1. The maximum absolute atomic E-state index is 11.1. The van der Waals surface area contributed by atoms with Gasteiger partial charge in [0.05, 0.1) is 13.0 Å². The van der Waals surface area contributed by atoms with Gasteiger partial charge in [0.2, 0.25) is 0 Å². The molecule has 3 heteroatoms. The van der Waals surface area contributed by atoms with Gasteiger partial charge in [-0.2, -0.15) is 0 Å². The van der Waals surface area contributed by atoms with E-state index in [1.54, 1.807) is 0 Å². The van der Waals surface area contributed by atoms with Crippen molar-refractivity contribution in [1.29, 1.82) is 0 Å². The second-order valence-corrected chi connectivity index (χ2v) is 3.18. The van der Waals surface area contributed by atoms with Crippen LogP contribution in [0.25, 0.3) is 4.85 Å². The van der Waals surface area contributed by atoms with E-state index >= 15 is 0 Å². The summed E-state index contributed by atoms with van der Waals surface area (Å²) in [6.07, 6.45) is 3.54. The molecule has 0 heterocycles. The molecule has 0 unspecified atom stereocenters. The van der Waals surface area contributed by atoms with E-state index in [0.29, 0.717) is 0 Å². The maximum Gasteiger partial charge on any atom is 0.308 e. The first-order valence-electron chi connectivity index (χ1n) is 4.25. The second kappa shape index (κ2) is 4.10. The van der Waals surface area contributed by atoms with E-state index in [9.17, 15) is 4.79 Å². The van der Waals surface area contributed by atoms with Crippen molar-refractivity contribution >= 4 is 5.97 Å². The maximum atomic E-state index is 11.1. The van der Waals surface area contributed by atoms with Crippen molar-refractivity contribution in [2.24, 2.45) is 5.92 Å². The zero-order chi connectivity index (χ0) is 8.97. The minimum atomic E-state index is -0.0922. The topological polar surface area (TPSA) is 30.7 Å². The average molecular weight is 168 g/mol. The van der Waals surface area contributed by atoms with Crippen LogP contribution in [0.5, 0.6) is 0 Å². The molecular weight excluding hydrogens is 154 g/mol. The molecule has 0 saturated heterocycles. The first-order chi connectivity index (χ1) is 5.77. The molecule has 1 fully saturated rings. The molecule has 0 amide bonds. The van der Waals surface area contributed by atoms with E-state index in [1.165, 1.54) is 7.11 Å². The van der Waals surface area contributed by atoms with Crippen LogP contribution in [0, 0.1) is 12.5 Å². The van der Waals surface area contributed by atoms with Gasteiger partial charge in [-0.15, -0.1) is 0 Å². The summed E-state index contributed by atoms with van der Waals surface area (Å²) in [6, 6.07) is 0.255. The van der Waals surface area contributed by atoms with Crippen LogP contribution in [0.2, 0.25) is 0 Å². The van der Waals surface area contributed by atoms with Gasteiger partial charge in [-0.05, 0) is 12.8 Å². The van der Waals surface area contributed by atoms with Crippen molar-refractivity contribution in [3.63, 3.8) is 0 Å². The Morgan fingerprint density at radius 3 is 2.42 bits per heavy atom. The molecule has 0 spiro atoms. The normalized spacial score (nSPS) is 29.0. The van der Waals surface area contributed by atoms with Crippen LogP contribution in [-0.2, 0) is 9.53 Å². The number of hydrogen-bond donors (Lipinski definition) is 0. The fourth-order valence-electron chi connectivity index (χ4n) is 1.63. The Bertz CT molecular complexity index is 199. The van der Waals surface area contributed by atoms with Crippen molar-refractivity contribution in [2.75, 3.05) is 7.11 Å². The molecule has 0 aromatic carbocycles. The lowest BCUT2D eigenvalue weighted by atomic mass is 9.86. The third kappa shape index (κ3) is 1.97. The molecule has 0 aromatic rings. The van der Waals surface area contributed by atoms with E-state index in [-0.39, 0.29) is 17.9 Å². The van der Waals surface area contributed by atoms with Gasteiger partial charge in [0.25, 0.3) is 12.6 Å². The average Bonchev–Trinajstić information content (AvgIpc) is 2.17. The Morgan fingerprint density at radius 2 is 2.00 bits per heavy atom. The first kappa shape index (κ1) is 9.05. The summed E-state index contributed by atoms with van der Waals surface area (Å²) in [6.45, 7) is 5.17. The fraction of sp³-hybridized carbons (Fsp3) is 0.778. The number of carbonyl (C=O) groups is 1. The Hall–Kier alpha value is -1.04. The molecule has 1 aliphatic rings. The van der Waals surface area contributed by atoms with Gasteiger partial charge in [-0.1, -0.05) is 4.85 Å². The summed E-state index contributed by atoms with van der Waals surface area (Å²) in [5, 5.41) is 0. The van der Waals surface area contributed by atoms with Crippen LogP contribution < -0.4 is 0 Å². The number of ether oxygens (including phenoxy) is 1. The van der Waals surface area contributed by atoms with E-state index < -0.39 is 0 Å². The summed E-state index contributed by atoms with van der Waals surface area (Å²) in [4.78, 5) is 14.8. The highest BCUT2D eigenvalue weighted by molar-refractivity contribution is 5.72. The molecule has 1 saturated carbocycles. The molecule has 1 aliphatic carbocycles. The Balaban J connectivity index is 2.37. The van der Waals surface area contributed by atoms with Crippen LogP contribution in [0.1, 0.15) is 25.7 Å². The number of esters is 1. The first-order valence-corrected chi connectivity index (χ1v) is 4.25. The van der Waals surface area contributed by atoms with Gasteiger partial charge in [0, 0.05) is 12.8 Å². The SMILES string of the molecule is C#[N+]C1CCC(C(=O)OC)CC1. The lowest BCUT2D eigenvalue weighted by Crippen LogP contribution is -2.23. The third-order valence-electron chi connectivity index (χ3n) is 2.44. The van der Waals surface area contributed by atoms with Gasteiger partial charge in [0.1, 0.15) is 0 Å². The number of carbonyl (C=O) groups excluding carboxylic acids is 1. The molecule has 0 aromatic heterocycles. The monoisotopic (exact) mass is 168 g/mol. The van der Waals surface area contributed by atoms with Crippen LogP contribution in [0.4, 0.5) is 0 Å². The Morgan fingerprint density at radius 1 is 1.42 bits per heavy atom. The Kier molecular flexibility index (Phi) is 3.09. The van der Waals surface area contributed by atoms with E-state index in [0.717, 1.165) is 25.7 Å². The second-order valence-electron chi connectivity index (χ2n) is 3.18. The van der Waals surface area contributed by atoms with Gasteiger partial charge < -0.3 is 4.74 Å². The molecule has 66 valence electrons. The van der Waals surface area contributed by atoms with Crippen LogP contribution in [-0.4, -0.2) is 19.1 Å². The number of nitrogens with zero attached hydrogens (tertiary/aromatic N) is 1. The summed E-state index contributed by atoms with van der Waals surface area (Å²) >= 11 is 0. The summed E-state index contributed by atoms with van der Waals surface area (Å²) < 4.78 is 4.66. The molecule has 0 atom stereocenters. The van der Waals surface area contributed by atoms with Gasteiger partial charge in [-0.25, -0.2) is 0 Å². The highest BCUT2D eigenvalue weighted by Crippen LogP contribution is 2.26. The third-order valence-corrected chi connectivity index (χ3v) is 2.44. The molecule has 3 nitrogen and oxygen atoms in total. The van der Waals surface area contributed by atoms with Crippen molar-refractivity contribution in [3.8, 4) is 6.57 Å². The molecule has 0 aliphatic heterocycles. The molecule has 0 bridgehead atoms. The van der Waals surface area contributed by atoms with E-state index in [2.05, 4.69) is 9.58 Å². The smallest absolute Gasteiger partial charge is 0.308 e. The van der Waals surface area contributed by atoms with Crippen molar-refractivity contribution in [1.82, 2.24) is 0 Å². The minimum Gasteiger partial charge on any atom is -0.469 e. The molecule has 1 rings (SSSR count). The summed E-state index contributed by atoms with van der Waals surface area (Å²) in [5.41, 5.74) is 0. The van der Waals surface area contributed by atoms with Gasteiger partial charge >= 0.3 is 5.97 Å². The van der Waals surface area contributed by atoms with Crippen molar-refractivity contribution in [3.05, 3.63) is 4.85 Å². The largest absolute Gasteiger partial charge is 0.469 e. The molecule has 0 N–H and O–H groups in total. The quantitative estimate of drug-likeness (QED) is 0.558. The highest BCUT2D eigenvalue weighted by atomic mass is 16.5. The van der Waals surface area contributed by atoms with Crippen LogP contribution in [0.3, 0.4) is 0 Å². The van der Waals surface area contributed by atoms with Crippen LogP contribution in [0.15, 0.2) is 0 Å². The lowest BCUT2D eigenvalue weighted by molar-refractivity contribution is -0.146. The lowest BCUT2D eigenvalue weighted by Gasteiger charge is -2.18. The fourth-order valence-corrected chi connectivity index (χ4v) is 1.63. The van der Waals surface area contributed by atoms with Gasteiger partial charge in [0.15, 0.2) is 0 Å². The Labute approximate surface area is 72.5 Å². The predicted octanol–water partition coefficient (Wildman–Crippen LogP) is 1.68. The number of methoxy groups -OCH3 is 1. The van der Waals surface area contributed by atoms with E-state index in [1.807, 2.05) is 0 Å². The zero-order valence-corrected chi connectivity index (χ0v) is 7.32. The molecule has 12 heavy (non-hydrogen) atoms. The van der Waals surface area contributed by atoms with Crippen LogP contribution >= 0.6 is 0 Å². The summed E-state index contributed by atoms with van der Waals surface area (Å²) in [5.74, 6) is -0.0153. The van der Waals surface area contributed by atoms with Crippen molar-refractivity contribution in [2.45, 2.75) is 31.7 Å². The van der Waals surface area contributed by atoms with Crippen molar-refractivity contribution < 1.29 is 9.53 Å². The van der Waals surface area contributed by atoms with E-state index in [4.69, 9.17) is 6.57 Å². The summed E-state index contributed by atoms with van der Waals surface area (Å²) in [7, 11) is 1.43. The molecule has 0 radical (unpaired) electrons. The standard InChI is InChI=1S/C9H14NO2/c1-10-8-5-3-7(4-6-8)9(11)12-2/h1,7-8H,3-6H2,2H3/q+1. The molecular formula is C9H14NO2+. The van der Waals surface area contributed by atoms with Gasteiger partial charge in [-0.3, -0.25) is 4.79 Å². The minimum absolute atomic E-state index is 0.0769. The predicted molar refractivity (Wildman–Crippen MR) is 46.1 cm³/mol. The highest BCUT2D eigenvalue weighted by Gasteiger charge is 2.30. The number of hydrogen-bond acceptors (Lipinski definition) is 2.